The van der Waals surface area contributed by atoms with E-state index in [4.69, 9.17) is 0 Å². The van der Waals surface area contributed by atoms with Crippen LogP contribution in [0.25, 0.3) is 0 Å². The van der Waals surface area contributed by atoms with E-state index in [0.717, 1.165) is 10.5 Å². The third-order valence-electron chi connectivity index (χ3n) is 3.41. The molecule has 0 unspecified atom stereocenters. The SMILES string of the molecule is Cc1cccc(CNC(=O)c2ccc3c(c2)NC(=O)CS3)c1. The normalized spacial score (nSPS) is 13.2. The second kappa shape index (κ2) is 6.23. The van der Waals surface area contributed by atoms with Crippen molar-refractivity contribution >= 4 is 29.3 Å². The first-order chi connectivity index (χ1) is 10.6. The van der Waals surface area contributed by atoms with Gasteiger partial charge in [-0.1, -0.05) is 29.8 Å². The average Bonchev–Trinajstić information content (AvgIpc) is 2.52. The van der Waals surface area contributed by atoms with Crippen molar-refractivity contribution in [1.82, 2.24) is 5.32 Å². The summed E-state index contributed by atoms with van der Waals surface area (Å²) in [6.07, 6.45) is 0. The van der Waals surface area contributed by atoms with Crippen LogP contribution in [0.1, 0.15) is 21.5 Å². The number of rotatable bonds is 3. The molecule has 0 saturated carbocycles. The van der Waals surface area contributed by atoms with Gasteiger partial charge in [0.1, 0.15) is 0 Å². The van der Waals surface area contributed by atoms with Gasteiger partial charge in [0, 0.05) is 17.0 Å². The Hall–Kier alpha value is -2.27. The maximum Gasteiger partial charge on any atom is 0.251 e. The average molecular weight is 312 g/mol. The van der Waals surface area contributed by atoms with E-state index in [1.807, 2.05) is 37.3 Å². The fourth-order valence-electron chi connectivity index (χ4n) is 2.33. The summed E-state index contributed by atoms with van der Waals surface area (Å²) in [6.45, 7) is 2.51. The fourth-order valence-corrected chi connectivity index (χ4v) is 3.12. The Bertz CT molecular complexity index is 743. The standard InChI is InChI=1S/C17H16N2O2S/c1-11-3-2-4-12(7-11)9-18-17(21)13-5-6-15-14(8-13)19-16(20)10-22-15/h2-8H,9-10H2,1H3,(H,18,21)(H,19,20). The van der Waals surface area contributed by atoms with Gasteiger partial charge in [0.2, 0.25) is 5.91 Å². The summed E-state index contributed by atoms with van der Waals surface area (Å²) in [5.74, 6) is 0.246. The first-order valence-corrected chi connectivity index (χ1v) is 8.01. The molecule has 0 aliphatic carbocycles. The molecule has 2 aromatic carbocycles. The molecule has 112 valence electrons. The number of thioether (sulfide) groups is 1. The van der Waals surface area contributed by atoms with Crippen LogP contribution >= 0.6 is 11.8 Å². The van der Waals surface area contributed by atoms with Crippen molar-refractivity contribution in [3.8, 4) is 0 Å². The van der Waals surface area contributed by atoms with Gasteiger partial charge in [0.05, 0.1) is 11.4 Å². The number of carbonyl (C=O) groups is 2. The number of amides is 2. The molecule has 22 heavy (non-hydrogen) atoms. The van der Waals surface area contributed by atoms with Gasteiger partial charge in [-0.3, -0.25) is 9.59 Å². The van der Waals surface area contributed by atoms with E-state index in [1.54, 1.807) is 12.1 Å². The summed E-state index contributed by atoms with van der Waals surface area (Å²) in [7, 11) is 0. The first-order valence-electron chi connectivity index (χ1n) is 7.02. The highest BCUT2D eigenvalue weighted by Gasteiger charge is 2.17. The van der Waals surface area contributed by atoms with Crippen LogP contribution in [0.4, 0.5) is 5.69 Å². The number of hydrogen-bond donors (Lipinski definition) is 2. The van der Waals surface area contributed by atoms with Gasteiger partial charge >= 0.3 is 0 Å². The van der Waals surface area contributed by atoms with Gasteiger partial charge < -0.3 is 10.6 Å². The summed E-state index contributed by atoms with van der Waals surface area (Å²) in [6, 6.07) is 13.4. The summed E-state index contributed by atoms with van der Waals surface area (Å²) >= 11 is 1.49. The molecule has 2 N–H and O–H groups in total. The lowest BCUT2D eigenvalue weighted by Gasteiger charge is -2.17. The van der Waals surface area contributed by atoms with Gasteiger partial charge in [-0.05, 0) is 30.7 Å². The maximum atomic E-state index is 12.2. The summed E-state index contributed by atoms with van der Waals surface area (Å²) in [5, 5.41) is 5.70. The number of nitrogens with one attached hydrogen (secondary N) is 2. The topological polar surface area (TPSA) is 58.2 Å². The van der Waals surface area contributed by atoms with Crippen LogP contribution in [0, 0.1) is 6.92 Å². The molecule has 0 saturated heterocycles. The van der Waals surface area contributed by atoms with E-state index in [1.165, 1.54) is 17.3 Å². The van der Waals surface area contributed by atoms with Crippen LogP contribution in [0.15, 0.2) is 47.4 Å². The Balaban J connectivity index is 1.70. The third-order valence-corrected chi connectivity index (χ3v) is 4.48. The Morgan fingerprint density at radius 3 is 2.95 bits per heavy atom. The van der Waals surface area contributed by atoms with E-state index in [0.29, 0.717) is 23.5 Å². The Kier molecular flexibility index (Phi) is 4.15. The molecule has 2 amide bonds. The molecule has 0 spiro atoms. The Morgan fingerprint density at radius 1 is 1.27 bits per heavy atom. The van der Waals surface area contributed by atoms with E-state index in [2.05, 4.69) is 10.6 Å². The number of fused-ring (bicyclic) bond motifs is 1. The van der Waals surface area contributed by atoms with Crippen molar-refractivity contribution in [3.63, 3.8) is 0 Å². The number of anilines is 1. The minimum atomic E-state index is -0.144. The summed E-state index contributed by atoms with van der Waals surface area (Å²) in [4.78, 5) is 24.7. The molecule has 1 aliphatic rings. The van der Waals surface area contributed by atoms with E-state index in [9.17, 15) is 9.59 Å². The van der Waals surface area contributed by atoms with Crippen LogP contribution < -0.4 is 10.6 Å². The maximum absolute atomic E-state index is 12.2. The van der Waals surface area contributed by atoms with E-state index < -0.39 is 0 Å². The lowest BCUT2D eigenvalue weighted by molar-refractivity contribution is -0.113. The molecule has 2 aromatic rings. The minimum absolute atomic E-state index is 0.0326. The molecule has 0 radical (unpaired) electrons. The van der Waals surface area contributed by atoms with Crippen LogP contribution in [0.2, 0.25) is 0 Å². The van der Waals surface area contributed by atoms with Crippen molar-refractivity contribution in [3.05, 3.63) is 59.2 Å². The molecular formula is C17H16N2O2S. The Morgan fingerprint density at radius 2 is 2.14 bits per heavy atom. The van der Waals surface area contributed by atoms with Crippen molar-refractivity contribution in [2.75, 3.05) is 11.1 Å². The second-order valence-corrected chi connectivity index (χ2v) is 6.24. The van der Waals surface area contributed by atoms with Crippen molar-refractivity contribution in [1.29, 1.82) is 0 Å². The lowest BCUT2D eigenvalue weighted by atomic mass is 10.1. The van der Waals surface area contributed by atoms with Crippen molar-refractivity contribution < 1.29 is 9.59 Å². The summed E-state index contributed by atoms with van der Waals surface area (Å²) < 4.78 is 0. The molecule has 1 heterocycles. The van der Waals surface area contributed by atoms with Crippen LogP contribution in [0.3, 0.4) is 0 Å². The molecule has 0 bridgehead atoms. The minimum Gasteiger partial charge on any atom is -0.348 e. The molecule has 0 atom stereocenters. The van der Waals surface area contributed by atoms with E-state index >= 15 is 0 Å². The first kappa shape index (κ1) is 14.7. The second-order valence-electron chi connectivity index (χ2n) is 5.22. The lowest BCUT2D eigenvalue weighted by Crippen LogP contribution is -2.24. The smallest absolute Gasteiger partial charge is 0.251 e. The van der Waals surface area contributed by atoms with Gasteiger partial charge in [-0.2, -0.15) is 0 Å². The van der Waals surface area contributed by atoms with E-state index in [-0.39, 0.29) is 11.8 Å². The third kappa shape index (κ3) is 3.31. The predicted octanol–water partition coefficient (Wildman–Crippen LogP) is 2.97. The zero-order chi connectivity index (χ0) is 15.5. The van der Waals surface area contributed by atoms with Gasteiger partial charge in [0.15, 0.2) is 0 Å². The largest absolute Gasteiger partial charge is 0.348 e. The Labute approximate surface area is 133 Å². The molecule has 4 nitrogen and oxygen atoms in total. The fraction of sp³-hybridized carbons (Fsp3) is 0.176. The molecule has 1 aliphatic heterocycles. The number of hydrogen-bond acceptors (Lipinski definition) is 3. The van der Waals surface area contributed by atoms with Gasteiger partial charge in [-0.15, -0.1) is 11.8 Å². The zero-order valence-electron chi connectivity index (χ0n) is 12.2. The van der Waals surface area contributed by atoms with Crippen molar-refractivity contribution in [2.24, 2.45) is 0 Å². The molecule has 5 heteroatoms. The number of benzene rings is 2. The van der Waals surface area contributed by atoms with Gasteiger partial charge in [0.25, 0.3) is 5.91 Å². The van der Waals surface area contributed by atoms with Crippen LogP contribution in [-0.2, 0) is 11.3 Å². The number of carbonyl (C=O) groups excluding carboxylic acids is 2. The summed E-state index contributed by atoms with van der Waals surface area (Å²) in [5.41, 5.74) is 3.49. The molecule has 0 fully saturated rings. The van der Waals surface area contributed by atoms with Crippen LogP contribution in [0.5, 0.6) is 0 Å². The number of aryl methyl sites for hydroxylation is 1. The highest BCUT2D eigenvalue weighted by molar-refractivity contribution is 8.00. The van der Waals surface area contributed by atoms with Crippen LogP contribution in [-0.4, -0.2) is 17.6 Å². The molecular weight excluding hydrogens is 296 g/mol. The quantitative estimate of drug-likeness (QED) is 0.916. The highest BCUT2D eigenvalue weighted by atomic mass is 32.2. The van der Waals surface area contributed by atoms with Gasteiger partial charge in [-0.25, -0.2) is 0 Å². The molecule has 3 rings (SSSR count). The molecule has 0 aromatic heterocycles. The predicted molar refractivity (Wildman–Crippen MR) is 88.1 cm³/mol. The monoisotopic (exact) mass is 312 g/mol. The highest BCUT2D eigenvalue weighted by Crippen LogP contribution is 2.31. The zero-order valence-corrected chi connectivity index (χ0v) is 13.0. The van der Waals surface area contributed by atoms with Crippen molar-refractivity contribution in [2.45, 2.75) is 18.4 Å².